The van der Waals surface area contributed by atoms with E-state index in [0.717, 1.165) is 15.2 Å². The number of likely N-dealkylation sites (tertiary alicyclic amines) is 1. The van der Waals surface area contributed by atoms with E-state index in [9.17, 15) is 14.7 Å². The SMILES string of the molecule is Cc1cc(I)ccc1N1COC(=O)c2cc(C(=O)N3CCCC(O)C3)c(F)c(F)c21. The van der Waals surface area contributed by atoms with Gasteiger partial charge in [0.15, 0.2) is 18.4 Å². The van der Waals surface area contributed by atoms with Crippen LogP contribution in [0.3, 0.4) is 0 Å². The maximum absolute atomic E-state index is 15.2. The molecule has 1 amide bonds. The van der Waals surface area contributed by atoms with E-state index in [2.05, 4.69) is 22.6 Å². The lowest BCUT2D eigenvalue weighted by atomic mass is 10.0. The molecule has 1 saturated heterocycles. The number of benzene rings is 2. The van der Waals surface area contributed by atoms with Crippen LogP contribution >= 0.6 is 22.6 Å². The summed E-state index contributed by atoms with van der Waals surface area (Å²) < 4.78 is 36.4. The second-order valence-electron chi connectivity index (χ2n) is 7.42. The molecule has 1 fully saturated rings. The van der Waals surface area contributed by atoms with Crippen LogP contribution < -0.4 is 4.90 Å². The van der Waals surface area contributed by atoms with Crippen LogP contribution in [0.4, 0.5) is 20.2 Å². The van der Waals surface area contributed by atoms with Gasteiger partial charge in [-0.15, -0.1) is 0 Å². The summed E-state index contributed by atoms with van der Waals surface area (Å²) >= 11 is 2.14. The second kappa shape index (κ2) is 8.10. The molecule has 6 nitrogen and oxygen atoms in total. The highest BCUT2D eigenvalue weighted by Gasteiger charge is 2.35. The zero-order valence-corrected chi connectivity index (χ0v) is 18.3. The van der Waals surface area contributed by atoms with Gasteiger partial charge in [0.05, 0.1) is 22.9 Å². The first kappa shape index (κ1) is 21.0. The van der Waals surface area contributed by atoms with Crippen LogP contribution in [0.25, 0.3) is 0 Å². The molecular weight excluding hydrogens is 509 g/mol. The number of β-amino-alcohol motifs (C(OH)–C–C–N with tert-alkyl or cyclic N) is 1. The van der Waals surface area contributed by atoms with Gasteiger partial charge < -0.3 is 19.6 Å². The molecule has 0 aromatic heterocycles. The minimum absolute atomic E-state index is 0.0371. The molecular formula is C21H19F2IN2O4. The van der Waals surface area contributed by atoms with Crippen LogP contribution in [0.5, 0.6) is 0 Å². The van der Waals surface area contributed by atoms with E-state index in [0.29, 0.717) is 25.1 Å². The van der Waals surface area contributed by atoms with E-state index in [1.165, 1.54) is 9.80 Å². The lowest BCUT2D eigenvalue weighted by molar-refractivity contribution is 0.0466. The van der Waals surface area contributed by atoms with Crippen molar-refractivity contribution in [3.05, 3.63) is 56.2 Å². The number of esters is 1. The third kappa shape index (κ3) is 3.64. The molecule has 0 bridgehead atoms. The average molecular weight is 528 g/mol. The van der Waals surface area contributed by atoms with Gasteiger partial charge in [-0.1, -0.05) is 0 Å². The minimum atomic E-state index is -1.32. The minimum Gasteiger partial charge on any atom is -0.440 e. The molecule has 9 heteroatoms. The first-order valence-electron chi connectivity index (χ1n) is 9.48. The number of hydrogen-bond donors (Lipinski definition) is 1. The molecule has 2 aliphatic rings. The van der Waals surface area contributed by atoms with Crippen LogP contribution in [0.15, 0.2) is 24.3 Å². The first-order valence-corrected chi connectivity index (χ1v) is 10.6. The van der Waals surface area contributed by atoms with Crippen molar-refractivity contribution in [2.45, 2.75) is 25.9 Å². The van der Waals surface area contributed by atoms with E-state index in [1.54, 1.807) is 6.07 Å². The fourth-order valence-corrected chi connectivity index (χ4v) is 4.53. The lowest BCUT2D eigenvalue weighted by Gasteiger charge is -2.33. The van der Waals surface area contributed by atoms with Gasteiger partial charge in [0.2, 0.25) is 0 Å². The molecule has 2 heterocycles. The Hall–Kier alpha value is -2.27. The maximum atomic E-state index is 15.2. The van der Waals surface area contributed by atoms with Crippen LogP contribution in [0, 0.1) is 22.1 Å². The largest absolute Gasteiger partial charge is 0.440 e. The first-order chi connectivity index (χ1) is 14.3. The number of hydrogen-bond acceptors (Lipinski definition) is 5. The van der Waals surface area contributed by atoms with Crippen molar-refractivity contribution in [2.24, 2.45) is 0 Å². The smallest absolute Gasteiger partial charge is 0.342 e. The Morgan fingerprint density at radius 2 is 2.03 bits per heavy atom. The number of anilines is 2. The van der Waals surface area contributed by atoms with E-state index in [1.807, 2.05) is 19.1 Å². The third-order valence-corrected chi connectivity index (χ3v) is 6.03. The molecule has 158 valence electrons. The number of piperidine rings is 1. The molecule has 1 N–H and O–H groups in total. The highest BCUT2D eigenvalue weighted by molar-refractivity contribution is 14.1. The van der Waals surface area contributed by atoms with Gasteiger partial charge in [0.25, 0.3) is 5.91 Å². The number of rotatable bonds is 2. The summed E-state index contributed by atoms with van der Waals surface area (Å²) in [7, 11) is 0. The normalized spacial score (nSPS) is 18.8. The fourth-order valence-electron chi connectivity index (χ4n) is 3.88. The van der Waals surface area contributed by atoms with Gasteiger partial charge in [-0.3, -0.25) is 4.79 Å². The number of aliphatic hydroxyl groups is 1. The number of fused-ring (bicyclic) bond motifs is 1. The van der Waals surface area contributed by atoms with Crippen molar-refractivity contribution >= 4 is 45.8 Å². The van der Waals surface area contributed by atoms with Gasteiger partial charge in [-0.05, 0) is 72.2 Å². The Kier molecular flexibility index (Phi) is 5.67. The topological polar surface area (TPSA) is 70.1 Å². The highest BCUT2D eigenvalue weighted by atomic mass is 127. The van der Waals surface area contributed by atoms with Gasteiger partial charge in [0, 0.05) is 22.3 Å². The average Bonchev–Trinajstić information content (AvgIpc) is 2.71. The number of carbonyl (C=O) groups excluding carboxylic acids is 2. The van der Waals surface area contributed by atoms with E-state index >= 15 is 8.78 Å². The molecule has 2 aliphatic heterocycles. The van der Waals surface area contributed by atoms with E-state index < -0.39 is 35.2 Å². The predicted octanol–water partition coefficient (Wildman–Crippen LogP) is 3.74. The predicted molar refractivity (Wildman–Crippen MR) is 114 cm³/mol. The Morgan fingerprint density at radius 1 is 1.27 bits per heavy atom. The molecule has 30 heavy (non-hydrogen) atoms. The summed E-state index contributed by atoms with van der Waals surface area (Å²) in [6.45, 7) is 1.92. The Bertz CT molecular complexity index is 1050. The number of aryl methyl sites for hydroxylation is 1. The number of carbonyl (C=O) groups is 2. The molecule has 2 aromatic carbocycles. The monoisotopic (exact) mass is 528 g/mol. The van der Waals surface area contributed by atoms with E-state index in [-0.39, 0.29) is 24.5 Å². The van der Waals surface area contributed by atoms with Gasteiger partial charge in [0.1, 0.15) is 0 Å². The quantitative estimate of drug-likeness (QED) is 0.476. The number of nitrogens with zero attached hydrogens (tertiary/aromatic N) is 2. The third-order valence-electron chi connectivity index (χ3n) is 5.36. The van der Waals surface area contributed by atoms with Crippen molar-refractivity contribution in [3.8, 4) is 0 Å². The zero-order chi connectivity index (χ0) is 21.6. The standard InChI is InChI=1S/C21H19F2IN2O4/c1-11-7-12(24)4-5-16(11)26-10-30-21(29)15-8-14(17(22)18(23)19(15)26)20(28)25-6-2-3-13(27)9-25/h4-5,7-8,13,27H,2-3,6,9-10H2,1H3. The number of ether oxygens (including phenoxy) is 1. The summed E-state index contributed by atoms with van der Waals surface area (Å²) in [6.07, 6.45) is 0.392. The van der Waals surface area contributed by atoms with Crippen molar-refractivity contribution < 1.29 is 28.2 Å². The summed E-state index contributed by atoms with van der Waals surface area (Å²) in [5.41, 5.74) is 0.370. The summed E-state index contributed by atoms with van der Waals surface area (Å²) in [4.78, 5) is 27.8. The van der Waals surface area contributed by atoms with Crippen molar-refractivity contribution in [3.63, 3.8) is 0 Å². The number of aliphatic hydroxyl groups excluding tert-OH is 1. The molecule has 1 atom stereocenters. The van der Waals surface area contributed by atoms with Crippen LogP contribution in [-0.4, -0.2) is 47.8 Å². The zero-order valence-electron chi connectivity index (χ0n) is 16.1. The number of cyclic esters (lactones) is 1. The molecule has 0 radical (unpaired) electrons. The summed E-state index contributed by atoms with van der Waals surface area (Å²) in [6, 6.07) is 6.48. The van der Waals surface area contributed by atoms with Gasteiger partial charge in [-0.25, -0.2) is 13.6 Å². The number of amides is 1. The van der Waals surface area contributed by atoms with Crippen LogP contribution in [0.1, 0.15) is 39.1 Å². The van der Waals surface area contributed by atoms with Crippen molar-refractivity contribution in [1.82, 2.24) is 4.90 Å². The molecule has 0 saturated carbocycles. The Labute approximate surface area is 185 Å². The van der Waals surface area contributed by atoms with Crippen molar-refractivity contribution in [1.29, 1.82) is 0 Å². The van der Waals surface area contributed by atoms with Crippen molar-refractivity contribution in [2.75, 3.05) is 24.7 Å². The maximum Gasteiger partial charge on any atom is 0.342 e. The number of halogens is 3. The molecule has 0 aliphatic carbocycles. The lowest BCUT2D eigenvalue weighted by Crippen LogP contribution is -2.42. The molecule has 0 spiro atoms. The van der Waals surface area contributed by atoms with Crippen LogP contribution in [0.2, 0.25) is 0 Å². The van der Waals surface area contributed by atoms with Gasteiger partial charge in [-0.2, -0.15) is 0 Å². The summed E-state index contributed by atoms with van der Waals surface area (Å²) in [5.74, 6) is -4.18. The molecule has 4 rings (SSSR count). The van der Waals surface area contributed by atoms with Gasteiger partial charge >= 0.3 is 5.97 Å². The second-order valence-corrected chi connectivity index (χ2v) is 8.66. The van der Waals surface area contributed by atoms with E-state index in [4.69, 9.17) is 4.74 Å². The van der Waals surface area contributed by atoms with Crippen LogP contribution in [-0.2, 0) is 4.74 Å². The Balaban J connectivity index is 1.80. The highest BCUT2D eigenvalue weighted by Crippen LogP contribution is 2.39. The molecule has 2 aromatic rings. The fraction of sp³-hybridized carbons (Fsp3) is 0.333. The summed E-state index contributed by atoms with van der Waals surface area (Å²) in [5, 5.41) is 9.80. The Morgan fingerprint density at radius 3 is 2.73 bits per heavy atom. The molecule has 1 unspecified atom stereocenters.